The van der Waals surface area contributed by atoms with E-state index < -0.39 is 105 Å². The van der Waals surface area contributed by atoms with Crippen LogP contribution in [0.25, 0.3) is 5.76 Å². The van der Waals surface area contributed by atoms with Gasteiger partial charge in [-0.2, -0.15) is 0 Å². The average molecular weight is 615 g/mol. The number of phenols is 1. The number of carbonyl (C=O) groups excluding carboxylic acids is 5. The van der Waals surface area contributed by atoms with E-state index in [4.69, 9.17) is 10.5 Å². The van der Waals surface area contributed by atoms with Crippen LogP contribution in [0.15, 0.2) is 29.0 Å². The molecule has 0 heterocycles. The first-order valence-corrected chi connectivity index (χ1v) is 14.0. The number of Topliss-reactive ketones (excluding diaryl/α,β-unsaturated/α-hetero) is 2. The fourth-order valence-corrected chi connectivity index (χ4v) is 6.22. The van der Waals surface area contributed by atoms with Gasteiger partial charge in [0.25, 0.3) is 5.91 Å². The molecule has 0 saturated heterocycles. The molecule has 1 saturated carbocycles. The number of fused-ring (bicyclic) bond motifs is 3. The first-order chi connectivity index (χ1) is 20.1. The summed E-state index contributed by atoms with van der Waals surface area (Å²) in [6.45, 7) is 11.7. The van der Waals surface area contributed by atoms with Crippen LogP contribution >= 0.6 is 0 Å². The van der Waals surface area contributed by atoms with Gasteiger partial charge in [-0.25, -0.2) is 9.59 Å². The van der Waals surface area contributed by atoms with Crippen LogP contribution in [0.5, 0.6) is 5.75 Å². The number of nitrogens with two attached hydrogens (primary N) is 1. The van der Waals surface area contributed by atoms with Crippen LogP contribution in [0.2, 0.25) is 0 Å². The summed E-state index contributed by atoms with van der Waals surface area (Å²) < 4.78 is 5.56. The van der Waals surface area contributed by atoms with Crippen molar-refractivity contribution in [2.75, 3.05) is 5.32 Å². The molecule has 0 spiro atoms. The lowest BCUT2D eigenvalue weighted by Gasteiger charge is -2.51. The Hall–Kier alpha value is -4.59. The van der Waals surface area contributed by atoms with Crippen molar-refractivity contribution >= 4 is 41.0 Å². The second kappa shape index (κ2) is 10.5. The van der Waals surface area contributed by atoms with E-state index in [9.17, 15) is 44.4 Å². The number of anilines is 1. The van der Waals surface area contributed by atoms with E-state index in [1.54, 1.807) is 48.5 Å². The Bertz CT molecular complexity index is 1550. The van der Waals surface area contributed by atoms with E-state index in [1.807, 2.05) is 0 Å². The minimum atomic E-state index is -2.83. The van der Waals surface area contributed by atoms with Gasteiger partial charge < -0.3 is 46.8 Å². The maximum Gasteiger partial charge on any atom is 0.409 e. The highest BCUT2D eigenvalue weighted by Crippen LogP contribution is 2.57. The van der Waals surface area contributed by atoms with Gasteiger partial charge in [-0.1, -0.05) is 13.0 Å². The summed E-state index contributed by atoms with van der Waals surface area (Å²) in [6.07, 6.45) is -3.61. The molecule has 9 N–H and O–H groups in total. The third-order valence-corrected chi connectivity index (χ3v) is 7.94. The molecule has 0 aliphatic heterocycles. The number of primary amides is 1. The number of urea groups is 1. The summed E-state index contributed by atoms with van der Waals surface area (Å²) in [4.78, 5) is 65.3. The predicted octanol–water partition coefficient (Wildman–Crippen LogP) is 2.41. The van der Waals surface area contributed by atoms with Gasteiger partial charge in [-0.15, -0.1) is 0 Å². The van der Waals surface area contributed by atoms with E-state index in [-0.39, 0.29) is 11.3 Å². The van der Waals surface area contributed by atoms with Gasteiger partial charge in [-0.05, 0) is 59.1 Å². The summed E-state index contributed by atoms with van der Waals surface area (Å²) in [7, 11) is 0. The highest BCUT2D eigenvalue weighted by molar-refractivity contribution is 6.23. The number of alkyl carbamates (subject to hydrolysis) is 1. The van der Waals surface area contributed by atoms with Crippen molar-refractivity contribution in [1.29, 1.82) is 0 Å². The number of amides is 4. The number of carbonyl (C=O) groups is 5. The molecular formula is C30H38N4O10. The molecule has 1 aromatic rings. The number of phenolic OH excluding ortho intramolecular Hbond substituents is 1. The van der Waals surface area contributed by atoms with E-state index in [1.165, 1.54) is 12.1 Å². The first kappa shape index (κ1) is 32.3. The van der Waals surface area contributed by atoms with Crippen molar-refractivity contribution in [3.8, 4) is 5.75 Å². The molecule has 4 rings (SSSR count). The fourth-order valence-electron chi connectivity index (χ4n) is 6.22. The number of aromatic hydroxyl groups is 1. The molecule has 5 atom stereocenters. The van der Waals surface area contributed by atoms with Crippen molar-refractivity contribution in [3.63, 3.8) is 0 Å². The second-order valence-electron chi connectivity index (χ2n) is 13.5. The lowest BCUT2D eigenvalue weighted by Crippen LogP contribution is -2.66. The van der Waals surface area contributed by atoms with Crippen LogP contribution in [0.1, 0.15) is 71.9 Å². The summed E-state index contributed by atoms with van der Waals surface area (Å²) in [5.74, 6) is -9.80. The number of aliphatic hydroxyl groups is 3. The standard InChI is InChI=1S/C30H38N4O10/c1-11-12-8-9-14(32-26(42)33-28(2,3)4)21(37)17(12)22(38)19-16(11)20(36)13-10-15(35)18(25(31)41)23(39)30(13,24(19)40)44-27(43)34-29(5,6)7/h8-9,11,13,16,20,36-39H,10H2,1-7H3,(H2,31,41)(H,34,43)(H2,32,33,42)/t11-,13+,16+,20+,30+/m0/s1. The molecule has 1 fully saturated rings. The van der Waals surface area contributed by atoms with Crippen LogP contribution < -0.4 is 21.7 Å². The van der Waals surface area contributed by atoms with Gasteiger partial charge >= 0.3 is 12.1 Å². The summed E-state index contributed by atoms with van der Waals surface area (Å²) >= 11 is 0. The predicted molar refractivity (Wildman–Crippen MR) is 157 cm³/mol. The molecule has 0 bridgehead atoms. The molecular weight excluding hydrogens is 576 g/mol. The van der Waals surface area contributed by atoms with Crippen LogP contribution in [-0.2, 0) is 19.1 Å². The first-order valence-electron chi connectivity index (χ1n) is 14.0. The number of hydrogen-bond donors (Lipinski definition) is 8. The molecule has 44 heavy (non-hydrogen) atoms. The summed E-state index contributed by atoms with van der Waals surface area (Å²) in [6, 6.07) is 2.23. The molecule has 3 aliphatic carbocycles. The Morgan fingerprint density at radius 1 is 1.00 bits per heavy atom. The SMILES string of the molecule is C[C@H]1c2ccc(NC(=O)NC(C)(C)C)c(O)c2C(O)=C2C(=O)[C@]3(OC(=O)NC(C)(C)C)C(O)=C(C(N)=O)C(=O)C[C@@H]3[C@@H](O)[C@@H]21. The van der Waals surface area contributed by atoms with Crippen molar-refractivity contribution in [1.82, 2.24) is 10.6 Å². The molecule has 0 radical (unpaired) electrons. The van der Waals surface area contributed by atoms with Gasteiger partial charge in [0.05, 0.1) is 17.4 Å². The summed E-state index contributed by atoms with van der Waals surface area (Å²) in [5.41, 5.74) is -0.526. The number of ether oxygens (including phenoxy) is 1. The number of benzene rings is 1. The zero-order chi connectivity index (χ0) is 33.3. The molecule has 14 nitrogen and oxygen atoms in total. The zero-order valence-corrected chi connectivity index (χ0v) is 25.5. The molecule has 0 unspecified atom stereocenters. The Labute approximate surface area is 253 Å². The van der Waals surface area contributed by atoms with Crippen LogP contribution in [0.4, 0.5) is 15.3 Å². The Morgan fingerprint density at radius 3 is 2.14 bits per heavy atom. The van der Waals surface area contributed by atoms with E-state index in [0.717, 1.165) is 0 Å². The normalized spacial score (nSPS) is 26.7. The minimum absolute atomic E-state index is 0.109. The Kier molecular flexibility index (Phi) is 7.74. The maximum atomic E-state index is 14.5. The summed E-state index contributed by atoms with van der Waals surface area (Å²) in [5, 5.41) is 53.5. The molecule has 238 valence electrons. The van der Waals surface area contributed by atoms with Gasteiger partial charge in [-0.3, -0.25) is 14.4 Å². The van der Waals surface area contributed by atoms with Crippen molar-refractivity contribution < 1.29 is 49.1 Å². The van der Waals surface area contributed by atoms with Crippen LogP contribution in [-0.4, -0.2) is 72.8 Å². The van der Waals surface area contributed by atoms with Gasteiger partial charge in [0, 0.05) is 34.9 Å². The second-order valence-corrected chi connectivity index (χ2v) is 13.5. The lowest BCUT2D eigenvalue weighted by atomic mass is 9.55. The van der Waals surface area contributed by atoms with Crippen molar-refractivity contribution in [3.05, 3.63) is 40.2 Å². The average Bonchev–Trinajstić information content (AvgIpc) is 2.84. The molecule has 4 amide bonds. The van der Waals surface area contributed by atoms with Crippen LogP contribution in [0, 0.1) is 11.8 Å². The Balaban J connectivity index is 1.95. The molecule has 1 aromatic carbocycles. The van der Waals surface area contributed by atoms with Crippen molar-refractivity contribution in [2.24, 2.45) is 17.6 Å². The zero-order valence-electron chi connectivity index (χ0n) is 25.5. The smallest absolute Gasteiger partial charge is 0.409 e. The van der Waals surface area contributed by atoms with E-state index in [0.29, 0.717) is 5.56 Å². The van der Waals surface area contributed by atoms with Crippen LogP contribution in [0.3, 0.4) is 0 Å². The highest BCUT2D eigenvalue weighted by Gasteiger charge is 2.68. The van der Waals surface area contributed by atoms with E-state index in [2.05, 4.69) is 16.0 Å². The fraction of sp³-hybridized carbons (Fsp3) is 0.500. The molecule has 3 aliphatic rings. The lowest BCUT2D eigenvalue weighted by molar-refractivity contribution is -0.161. The number of rotatable bonds is 3. The van der Waals surface area contributed by atoms with Gasteiger partial charge in [0.2, 0.25) is 11.4 Å². The van der Waals surface area contributed by atoms with Crippen molar-refractivity contribution in [2.45, 2.75) is 83.6 Å². The van der Waals surface area contributed by atoms with Gasteiger partial charge in [0.15, 0.2) is 11.5 Å². The van der Waals surface area contributed by atoms with Gasteiger partial charge in [0.1, 0.15) is 17.1 Å². The van der Waals surface area contributed by atoms with E-state index >= 15 is 0 Å². The monoisotopic (exact) mass is 614 g/mol. The number of ketones is 2. The highest BCUT2D eigenvalue weighted by atomic mass is 16.6. The number of hydrogen-bond acceptors (Lipinski definition) is 10. The molecule has 0 aromatic heterocycles. The largest absolute Gasteiger partial charge is 0.507 e. The topological polar surface area (TPSA) is 238 Å². The number of aliphatic hydroxyl groups excluding tert-OH is 3. The Morgan fingerprint density at radius 2 is 1.59 bits per heavy atom. The minimum Gasteiger partial charge on any atom is -0.507 e. The number of nitrogens with one attached hydrogen (secondary N) is 3. The molecule has 14 heteroatoms. The third kappa shape index (κ3) is 5.23. The maximum absolute atomic E-state index is 14.5. The third-order valence-electron chi connectivity index (χ3n) is 7.94. The quantitative estimate of drug-likeness (QED) is 0.183.